The highest BCUT2D eigenvalue weighted by atomic mass is 19.1. The Bertz CT molecular complexity index is 552. The van der Waals surface area contributed by atoms with Crippen molar-refractivity contribution in [1.29, 1.82) is 0 Å². The molecule has 1 aromatic carbocycles. The third kappa shape index (κ3) is 4.31. The molecule has 1 aliphatic heterocycles. The van der Waals surface area contributed by atoms with Crippen molar-refractivity contribution in [2.24, 2.45) is 5.41 Å². The Labute approximate surface area is 125 Å². The number of rotatable bonds is 3. The van der Waals surface area contributed by atoms with Gasteiger partial charge in [0.05, 0.1) is 5.69 Å². The number of carboxylic acids is 1. The van der Waals surface area contributed by atoms with Crippen LogP contribution in [0.4, 0.5) is 10.1 Å². The van der Waals surface area contributed by atoms with Crippen LogP contribution in [0.3, 0.4) is 0 Å². The highest BCUT2D eigenvalue weighted by Crippen LogP contribution is 2.32. The van der Waals surface area contributed by atoms with Crippen molar-refractivity contribution in [2.75, 3.05) is 18.0 Å². The van der Waals surface area contributed by atoms with Gasteiger partial charge >= 0.3 is 5.97 Å². The van der Waals surface area contributed by atoms with E-state index in [4.69, 9.17) is 5.11 Å². The van der Waals surface area contributed by atoms with Gasteiger partial charge < -0.3 is 10.0 Å². The molecule has 0 unspecified atom stereocenters. The number of benzene rings is 1. The van der Waals surface area contributed by atoms with Crippen LogP contribution >= 0.6 is 0 Å². The molecule has 1 aliphatic rings. The Balaban J connectivity index is 2.15. The van der Waals surface area contributed by atoms with Gasteiger partial charge in [-0.3, -0.25) is 0 Å². The molecule has 1 aromatic rings. The summed E-state index contributed by atoms with van der Waals surface area (Å²) in [6.07, 6.45) is 5.69. The van der Waals surface area contributed by atoms with Gasteiger partial charge in [-0.05, 0) is 48.4 Å². The molecule has 0 saturated carbocycles. The van der Waals surface area contributed by atoms with E-state index in [1.165, 1.54) is 12.1 Å². The van der Waals surface area contributed by atoms with Gasteiger partial charge in [-0.2, -0.15) is 0 Å². The number of carboxylic acid groups (broad SMARTS) is 1. The highest BCUT2D eigenvalue weighted by Gasteiger charge is 2.24. The van der Waals surface area contributed by atoms with Gasteiger partial charge in [0.1, 0.15) is 5.82 Å². The van der Waals surface area contributed by atoms with Crippen LogP contribution < -0.4 is 4.90 Å². The average molecular weight is 291 g/mol. The third-order valence-corrected chi connectivity index (χ3v) is 4.07. The number of nitrogens with zero attached hydrogens (tertiary/aromatic N) is 1. The summed E-state index contributed by atoms with van der Waals surface area (Å²) in [4.78, 5) is 12.6. The molecular formula is C17H22FNO2. The molecule has 1 fully saturated rings. The fourth-order valence-electron chi connectivity index (χ4n) is 2.71. The number of carbonyl (C=O) groups is 1. The van der Waals surface area contributed by atoms with Crippen LogP contribution in [0.25, 0.3) is 6.08 Å². The summed E-state index contributed by atoms with van der Waals surface area (Å²) in [5.74, 6) is -1.32. The molecular weight excluding hydrogens is 269 g/mol. The van der Waals surface area contributed by atoms with Crippen LogP contribution in [-0.4, -0.2) is 24.2 Å². The zero-order valence-corrected chi connectivity index (χ0v) is 12.6. The van der Waals surface area contributed by atoms with Gasteiger partial charge in [-0.25, -0.2) is 9.18 Å². The molecule has 0 aromatic heterocycles. The Kier molecular flexibility index (Phi) is 4.66. The molecule has 4 heteroatoms. The van der Waals surface area contributed by atoms with Crippen molar-refractivity contribution < 1.29 is 14.3 Å². The Morgan fingerprint density at radius 1 is 1.33 bits per heavy atom. The molecule has 0 atom stereocenters. The smallest absolute Gasteiger partial charge is 0.328 e. The minimum atomic E-state index is -1.03. The summed E-state index contributed by atoms with van der Waals surface area (Å²) >= 11 is 0. The predicted octanol–water partition coefficient (Wildman–Crippen LogP) is 3.94. The molecule has 2 rings (SSSR count). The summed E-state index contributed by atoms with van der Waals surface area (Å²) in [5.41, 5.74) is 1.49. The van der Waals surface area contributed by atoms with Crippen molar-refractivity contribution in [1.82, 2.24) is 0 Å². The van der Waals surface area contributed by atoms with E-state index in [1.807, 2.05) is 0 Å². The minimum Gasteiger partial charge on any atom is -0.478 e. The first-order chi connectivity index (χ1) is 9.87. The second-order valence-corrected chi connectivity index (χ2v) is 6.39. The molecule has 0 aliphatic carbocycles. The summed E-state index contributed by atoms with van der Waals surface area (Å²) < 4.78 is 14.3. The van der Waals surface area contributed by atoms with Crippen LogP contribution in [0.2, 0.25) is 0 Å². The lowest BCUT2D eigenvalue weighted by Crippen LogP contribution is -2.25. The lowest BCUT2D eigenvalue weighted by molar-refractivity contribution is -0.131. The average Bonchev–Trinajstić information content (AvgIpc) is 2.58. The van der Waals surface area contributed by atoms with Crippen molar-refractivity contribution in [3.05, 3.63) is 35.7 Å². The molecule has 1 saturated heterocycles. The van der Waals surface area contributed by atoms with E-state index in [9.17, 15) is 9.18 Å². The second kappa shape index (κ2) is 6.29. The molecule has 1 N–H and O–H groups in total. The van der Waals surface area contributed by atoms with E-state index in [0.29, 0.717) is 16.7 Å². The quantitative estimate of drug-likeness (QED) is 0.858. The Morgan fingerprint density at radius 2 is 2.10 bits per heavy atom. The lowest BCUT2D eigenvalue weighted by Gasteiger charge is -2.25. The van der Waals surface area contributed by atoms with Gasteiger partial charge in [-0.15, -0.1) is 0 Å². The van der Waals surface area contributed by atoms with E-state index in [-0.39, 0.29) is 5.82 Å². The van der Waals surface area contributed by atoms with E-state index in [2.05, 4.69) is 18.7 Å². The first-order valence-corrected chi connectivity index (χ1v) is 7.33. The minimum absolute atomic E-state index is 0.290. The summed E-state index contributed by atoms with van der Waals surface area (Å²) in [5, 5.41) is 8.59. The standard InChI is InChI=1S/C17H22FNO2/c1-17(2)8-3-10-19(11-9-17)15-6-4-13(12-14(15)18)5-7-16(20)21/h4-7,12H,3,8-11H2,1-2H3,(H,20,21). The Hall–Kier alpha value is -1.84. The highest BCUT2D eigenvalue weighted by molar-refractivity contribution is 5.85. The van der Waals surface area contributed by atoms with Crippen LogP contribution in [0.15, 0.2) is 24.3 Å². The third-order valence-electron chi connectivity index (χ3n) is 4.07. The maximum Gasteiger partial charge on any atom is 0.328 e. The van der Waals surface area contributed by atoms with E-state index in [0.717, 1.165) is 38.4 Å². The second-order valence-electron chi connectivity index (χ2n) is 6.39. The van der Waals surface area contributed by atoms with Crippen molar-refractivity contribution in [3.8, 4) is 0 Å². The SMILES string of the molecule is CC1(C)CCCN(c2ccc(C=CC(=O)O)cc2F)CC1. The zero-order valence-electron chi connectivity index (χ0n) is 12.6. The summed E-state index contributed by atoms with van der Waals surface area (Å²) in [6, 6.07) is 4.90. The fourth-order valence-corrected chi connectivity index (χ4v) is 2.71. The first-order valence-electron chi connectivity index (χ1n) is 7.33. The molecule has 114 valence electrons. The van der Waals surface area contributed by atoms with Crippen LogP contribution in [0.5, 0.6) is 0 Å². The number of hydrogen-bond acceptors (Lipinski definition) is 2. The summed E-state index contributed by atoms with van der Waals surface area (Å²) in [6.45, 7) is 6.23. The van der Waals surface area contributed by atoms with Crippen molar-refractivity contribution in [3.63, 3.8) is 0 Å². The molecule has 0 spiro atoms. The number of halogens is 1. The maximum absolute atomic E-state index is 14.3. The van der Waals surface area contributed by atoms with Crippen LogP contribution in [-0.2, 0) is 4.79 Å². The van der Waals surface area contributed by atoms with Gasteiger partial charge in [0.2, 0.25) is 0 Å². The van der Waals surface area contributed by atoms with Crippen molar-refractivity contribution in [2.45, 2.75) is 33.1 Å². The first kappa shape index (κ1) is 15.5. The lowest BCUT2D eigenvalue weighted by atomic mass is 9.85. The number of aliphatic carboxylic acids is 1. The van der Waals surface area contributed by atoms with Crippen molar-refractivity contribution >= 4 is 17.7 Å². The van der Waals surface area contributed by atoms with E-state index >= 15 is 0 Å². The molecule has 0 amide bonds. The number of anilines is 1. The fraction of sp³-hybridized carbons (Fsp3) is 0.471. The topological polar surface area (TPSA) is 40.5 Å². The zero-order chi connectivity index (χ0) is 15.5. The monoisotopic (exact) mass is 291 g/mol. The Morgan fingerprint density at radius 3 is 2.76 bits per heavy atom. The summed E-state index contributed by atoms with van der Waals surface area (Å²) in [7, 11) is 0. The largest absolute Gasteiger partial charge is 0.478 e. The molecule has 0 radical (unpaired) electrons. The van der Waals surface area contributed by atoms with Crippen LogP contribution in [0.1, 0.15) is 38.7 Å². The van der Waals surface area contributed by atoms with E-state index < -0.39 is 5.97 Å². The molecule has 3 nitrogen and oxygen atoms in total. The van der Waals surface area contributed by atoms with Gasteiger partial charge in [0.15, 0.2) is 0 Å². The molecule has 0 bridgehead atoms. The molecule has 1 heterocycles. The van der Waals surface area contributed by atoms with Crippen LogP contribution in [0, 0.1) is 11.2 Å². The van der Waals surface area contributed by atoms with Gasteiger partial charge in [0, 0.05) is 19.2 Å². The van der Waals surface area contributed by atoms with Gasteiger partial charge in [0.25, 0.3) is 0 Å². The van der Waals surface area contributed by atoms with E-state index in [1.54, 1.807) is 12.1 Å². The molecule has 21 heavy (non-hydrogen) atoms. The maximum atomic E-state index is 14.3. The predicted molar refractivity (Wildman–Crippen MR) is 82.9 cm³/mol. The normalized spacial score (nSPS) is 18.7. The van der Waals surface area contributed by atoms with Gasteiger partial charge in [-0.1, -0.05) is 19.9 Å². The number of hydrogen-bond donors (Lipinski definition) is 1.